The van der Waals surface area contributed by atoms with Crippen LogP contribution in [0.3, 0.4) is 0 Å². The van der Waals surface area contributed by atoms with Gasteiger partial charge >= 0.3 is 0 Å². The van der Waals surface area contributed by atoms with Crippen molar-refractivity contribution in [1.29, 1.82) is 0 Å². The summed E-state index contributed by atoms with van der Waals surface area (Å²) in [7, 11) is 0. The summed E-state index contributed by atoms with van der Waals surface area (Å²) in [5.74, 6) is -1.61. The number of carbonyl (C=O) groups excluding carboxylic acids is 3. The molecule has 1 aromatic carbocycles. The number of aliphatic hydroxyl groups excluding tert-OH is 1. The van der Waals surface area contributed by atoms with E-state index in [9.17, 15) is 19.5 Å². The Kier molecular flexibility index (Phi) is 6.25. The van der Waals surface area contributed by atoms with Gasteiger partial charge in [0.1, 0.15) is 18.2 Å². The smallest absolute Gasteiger partial charge is 0.245 e. The number of benzene rings is 1. The van der Waals surface area contributed by atoms with E-state index >= 15 is 0 Å². The van der Waals surface area contributed by atoms with E-state index in [1.54, 1.807) is 23.4 Å². The summed E-state index contributed by atoms with van der Waals surface area (Å²) in [6, 6.07) is 6.16. The van der Waals surface area contributed by atoms with Crippen LogP contribution in [0.1, 0.15) is 33.6 Å². The van der Waals surface area contributed by atoms with Gasteiger partial charge in [-0.25, -0.2) is 4.68 Å². The van der Waals surface area contributed by atoms with Gasteiger partial charge in [0, 0.05) is 11.8 Å². The lowest BCUT2D eigenvalue weighted by Gasteiger charge is -2.39. The molecule has 11 heteroatoms. The highest BCUT2D eigenvalue weighted by atomic mass is 32.2. The molecule has 3 aliphatic heterocycles. The second kappa shape index (κ2) is 9.09. The van der Waals surface area contributed by atoms with Gasteiger partial charge in [0.05, 0.1) is 34.7 Å². The number of likely N-dealkylation sites (tertiary alicyclic amines) is 1. The summed E-state index contributed by atoms with van der Waals surface area (Å²) in [5, 5.41) is 24.2. The van der Waals surface area contributed by atoms with Crippen LogP contribution >= 0.6 is 11.8 Å². The Balaban J connectivity index is 1.47. The lowest BCUT2D eigenvalue weighted by Crippen LogP contribution is -2.58. The monoisotopic (exact) mass is 500 g/mol. The molecular formula is C24H32N6O4S. The van der Waals surface area contributed by atoms with E-state index in [-0.39, 0.29) is 42.2 Å². The quantitative estimate of drug-likeness (QED) is 0.488. The van der Waals surface area contributed by atoms with Crippen molar-refractivity contribution in [3.05, 3.63) is 24.3 Å². The minimum absolute atomic E-state index is 0.00283. The number of hydrogen-bond donors (Lipinski definition) is 3. The number of hydrogen-bond acceptors (Lipinski definition) is 7. The number of carbonyl (C=O) groups is 3. The molecule has 0 radical (unpaired) electrons. The van der Waals surface area contributed by atoms with Crippen LogP contribution in [0.25, 0.3) is 11.0 Å². The van der Waals surface area contributed by atoms with E-state index in [0.29, 0.717) is 6.54 Å². The number of nitrogens with one attached hydrogen (secondary N) is 2. The zero-order valence-electron chi connectivity index (χ0n) is 20.2. The van der Waals surface area contributed by atoms with Crippen LogP contribution in [0.15, 0.2) is 24.3 Å². The molecule has 188 valence electrons. The fourth-order valence-electron chi connectivity index (χ4n) is 6.27. The fourth-order valence-corrected chi connectivity index (χ4v) is 8.68. The second-order valence-corrected chi connectivity index (χ2v) is 11.4. The summed E-state index contributed by atoms with van der Waals surface area (Å²) in [4.78, 5) is 42.3. The molecule has 3 aliphatic rings. The van der Waals surface area contributed by atoms with Crippen molar-refractivity contribution >= 4 is 40.5 Å². The Labute approximate surface area is 208 Å². The molecule has 35 heavy (non-hydrogen) atoms. The SMILES string of the molecule is CCCNC(=O)[C@@H]1[C@@H]2CC(C)C3(S2)C(C(=O)NCn2nnc4ccccc42)N([C@H](C)CO)C(=O)[C@H]13. The van der Waals surface area contributed by atoms with Crippen molar-refractivity contribution in [1.82, 2.24) is 30.5 Å². The van der Waals surface area contributed by atoms with Crippen molar-refractivity contribution < 1.29 is 19.5 Å². The first-order valence-corrected chi connectivity index (χ1v) is 13.2. The zero-order valence-corrected chi connectivity index (χ0v) is 21.0. The van der Waals surface area contributed by atoms with Crippen LogP contribution in [0.5, 0.6) is 0 Å². The molecule has 3 unspecified atom stereocenters. The maximum Gasteiger partial charge on any atom is 0.245 e. The minimum atomic E-state index is -0.786. The predicted octanol–water partition coefficient (Wildman–Crippen LogP) is 0.749. The molecule has 3 amide bonds. The number of nitrogens with zero attached hydrogens (tertiary/aromatic N) is 4. The number of para-hydroxylation sites is 1. The molecule has 0 aliphatic carbocycles. The van der Waals surface area contributed by atoms with Gasteiger partial charge in [-0.1, -0.05) is 31.2 Å². The first-order valence-electron chi connectivity index (χ1n) is 12.3. The van der Waals surface area contributed by atoms with E-state index in [1.807, 2.05) is 31.2 Å². The number of aliphatic hydroxyl groups is 1. The van der Waals surface area contributed by atoms with Gasteiger partial charge in [-0.2, -0.15) is 0 Å². The Hall–Kier alpha value is -2.66. The Bertz CT molecular complexity index is 1160. The summed E-state index contributed by atoms with van der Waals surface area (Å²) in [6.07, 6.45) is 1.59. The highest BCUT2D eigenvalue weighted by Crippen LogP contribution is 2.68. The molecule has 10 nitrogen and oxygen atoms in total. The van der Waals surface area contributed by atoms with E-state index in [1.165, 1.54) is 4.90 Å². The molecule has 3 fully saturated rings. The standard InChI is InChI=1S/C24H32N6O4S/c1-4-9-25-21(32)18-17-10-13(2)24(35-17)19(18)23(34)30(14(3)11-31)20(24)22(33)26-12-29-16-8-6-5-7-15(16)27-28-29/h5-8,13-14,17-20,31H,4,9-12H2,1-3H3,(H,25,32)(H,26,33)/t13?,14-,17+,18-,19+,20?,24?/m1/s1. The van der Waals surface area contributed by atoms with Gasteiger partial charge in [-0.3, -0.25) is 14.4 Å². The maximum absolute atomic E-state index is 13.8. The van der Waals surface area contributed by atoms with Crippen LogP contribution in [0, 0.1) is 17.8 Å². The number of rotatable bonds is 8. The van der Waals surface area contributed by atoms with Crippen molar-refractivity contribution in [2.45, 2.75) is 62.4 Å². The van der Waals surface area contributed by atoms with Gasteiger partial charge in [0.2, 0.25) is 17.7 Å². The first-order chi connectivity index (χ1) is 16.8. The van der Waals surface area contributed by atoms with Crippen LogP contribution in [-0.4, -0.2) is 78.0 Å². The largest absolute Gasteiger partial charge is 0.394 e. The van der Waals surface area contributed by atoms with Gasteiger partial charge in [-0.05, 0) is 37.8 Å². The van der Waals surface area contributed by atoms with Crippen LogP contribution < -0.4 is 10.6 Å². The normalized spacial score (nSPS) is 32.2. The third-order valence-corrected chi connectivity index (χ3v) is 9.92. The Morgan fingerprint density at radius 1 is 1.29 bits per heavy atom. The third-order valence-electron chi connectivity index (χ3n) is 7.85. The predicted molar refractivity (Wildman–Crippen MR) is 131 cm³/mol. The minimum Gasteiger partial charge on any atom is -0.394 e. The van der Waals surface area contributed by atoms with Crippen LogP contribution in [0.4, 0.5) is 0 Å². The molecule has 1 aromatic heterocycles. The van der Waals surface area contributed by atoms with E-state index in [0.717, 1.165) is 23.9 Å². The van der Waals surface area contributed by atoms with Crippen molar-refractivity contribution in [2.24, 2.45) is 17.8 Å². The van der Waals surface area contributed by atoms with Gasteiger partial charge in [0.15, 0.2) is 0 Å². The summed E-state index contributed by atoms with van der Waals surface area (Å²) < 4.78 is 0.899. The average molecular weight is 501 g/mol. The Morgan fingerprint density at radius 3 is 2.80 bits per heavy atom. The van der Waals surface area contributed by atoms with Gasteiger partial charge in [-0.15, -0.1) is 16.9 Å². The molecule has 2 bridgehead atoms. The lowest BCUT2D eigenvalue weighted by molar-refractivity contribution is -0.142. The lowest BCUT2D eigenvalue weighted by atomic mass is 9.66. The molecule has 4 heterocycles. The molecule has 3 N–H and O–H groups in total. The van der Waals surface area contributed by atoms with Crippen LogP contribution in [0.2, 0.25) is 0 Å². The van der Waals surface area contributed by atoms with Gasteiger partial charge in [0.25, 0.3) is 0 Å². The molecular weight excluding hydrogens is 468 g/mol. The molecule has 0 saturated carbocycles. The number of amides is 3. The second-order valence-electron chi connectivity index (χ2n) is 9.90. The van der Waals surface area contributed by atoms with Crippen molar-refractivity contribution in [3.63, 3.8) is 0 Å². The number of fused-ring (bicyclic) bond motifs is 2. The summed E-state index contributed by atoms with van der Waals surface area (Å²) in [6.45, 7) is 6.21. The molecule has 7 atom stereocenters. The topological polar surface area (TPSA) is 129 Å². The Morgan fingerprint density at radius 2 is 2.06 bits per heavy atom. The summed E-state index contributed by atoms with van der Waals surface area (Å²) >= 11 is 1.62. The maximum atomic E-state index is 13.8. The fraction of sp³-hybridized carbons (Fsp3) is 0.625. The molecule has 1 spiro atoms. The van der Waals surface area contributed by atoms with E-state index < -0.39 is 28.7 Å². The molecule has 2 aromatic rings. The average Bonchev–Trinajstić information content (AvgIpc) is 3.57. The highest BCUT2D eigenvalue weighted by Gasteiger charge is 2.76. The van der Waals surface area contributed by atoms with Gasteiger partial charge < -0.3 is 20.6 Å². The van der Waals surface area contributed by atoms with Crippen molar-refractivity contribution in [2.75, 3.05) is 13.2 Å². The zero-order chi connectivity index (χ0) is 24.9. The van der Waals surface area contributed by atoms with Crippen LogP contribution in [-0.2, 0) is 21.1 Å². The van der Waals surface area contributed by atoms with E-state index in [4.69, 9.17) is 0 Å². The third kappa shape index (κ3) is 3.54. The van der Waals surface area contributed by atoms with Crippen molar-refractivity contribution in [3.8, 4) is 0 Å². The highest BCUT2D eigenvalue weighted by molar-refractivity contribution is 8.02. The summed E-state index contributed by atoms with van der Waals surface area (Å²) in [5.41, 5.74) is 1.52. The first kappa shape index (κ1) is 24.1. The molecule has 3 saturated heterocycles. The number of thioether (sulfide) groups is 1. The number of aromatic nitrogens is 3. The van der Waals surface area contributed by atoms with E-state index in [2.05, 4.69) is 27.9 Å². The molecule has 5 rings (SSSR count).